The quantitative estimate of drug-likeness (QED) is 0.561. The maximum Gasteiger partial charge on any atom is 0.280 e. The van der Waals surface area contributed by atoms with Crippen LogP contribution in [-0.2, 0) is 0 Å². The Balaban J connectivity index is 2.42. The predicted molar refractivity (Wildman–Crippen MR) is 124 cm³/mol. The second kappa shape index (κ2) is 8.42. The van der Waals surface area contributed by atoms with Gasteiger partial charge in [-0.15, -0.1) is 0 Å². The highest BCUT2D eigenvalue weighted by Crippen LogP contribution is 2.27. The van der Waals surface area contributed by atoms with E-state index in [1.165, 1.54) is 11.1 Å². The summed E-state index contributed by atoms with van der Waals surface area (Å²) in [5.41, 5.74) is 17.3. The highest BCUT2D eigenvalue weighted by Gasteiger charge is 2.21. The Morgan fingerprint density at radius 1 is 0.567 bits per heavy atom. The lowest BCUT2D eigenvalue weighted by molar-refractivity contribution is 0.0975. The van der Waals surface area contributed by atoms with Crippen LogP contribution >= 0.6 is 0 Å². The number of nitrogens with zero attached hydrogens (tertiary/aromatic N) is 1. The van der Waals surface area contributed by atoms with Crippen LogP contribution in [0.1, 0.15) is 76.4 Å². The zero-order valence-corrected chi connectivity index (χ0v) is 19.8. The van der Waals surface area contributed by atoms with Crippen LogP contribution < -0.4 is 11.1 Å². The third kappa shape index (κ3) is 3.89. The second-order valence-corrected chi connectivity index (χ2v) is 8.26. The molecule has 30 heavy (non-hydrogen) atoms. The Morgan fingerprint density at radius 2 is 0.867 bits per heavy atom. The van der Waals surface area contributed by atoms with Crippen molar-refractivity contribution in [2.45, 2.75) is 69.2 Å². The fourth-order valence-corrected chi connectivity index (χ4v) is 4.03. The van der Waals surface area contributed by atoms with Gasteiger partial charge in [-0.3, -0.25) is 14.9 Å². The topological polar surface area (TPSA) is 84.6 Å². The van der Waals surface area contributed by atoms with Gasteiger partial charge in [0, 0.05) is 11.1 Å². The molecule has 0 atom stereocenters. The summed E-state index contributed by atoms with van der Waals surface area (Å²) in [6.07, 6.45) is 0. The molecule has 160 valence electrons. The third-order valence-corrected chi connectivity index (χ3v) is 6.90. The summed E-state index contributed by atoms with van der Waals surface area (Å²) < 4.78 is 0. The summed E-state index contributed by atoms with van der Waals surface area (Å²) in [4.78, 5) is 29.8. The van der Waals surface area contributed by atoms with Crippen molar-refractivity contribution in [3.05, 3.63) is 66.8 Å². The first-order valence-electron chi connectivity index (χ1n) is 10.1. The van der Waals surface area contributed by atoms with Gasteiger partial charge >= 0.3 is 0 Å². The lowest BCUT2D eigenvalue weighted by Gasteiger charge is -2.18. The van der Waals surface area contributed by atoms with Crippen LogP contribution in [0.25, 0.3) is 0 Å². The Morgan fingerprint density at radius 3 is 1.23 bits per heavy atom. The average Bonchev–Trinajstić information content (AvgIpc) is 2.67. The number of rotatable bonds is 2. The summed E-state index contributed by atoms with van der Waals surface area (Å²) in [6.45, 7) is 19.8. The van der Waals surface area contributed by atoms with Crippen molar-refractivity contribution in [1.29, 1.82) is 0 Å². The van der Waals surface area contributed by atoms with E-state index in [4.69, 9.17) is 5.73 Å². The van der Waals surface area contributed by atoms with E-state index in [0.717, 1.165) is 44.5 Å². The molecule has 0 saturated carbocycles. The van der Waals surface area contributed by atoms with Crippen molar-refractivity contribution < 1.29 is 9.59 Å². The van der Waals surface area contributed by atoms with Gasteiger partial charge in [0.1, 0.15) is 0 Å². The van der Waals surface area contributed by atoms with E-state index in [9.17, 15) is 9.59 Å². The molecule has 5 nitrogen and oxygen atoms in total. The summed E-state index contributed by atoms with van der Waals surface area (Å²) in [5, 5.41) is 2.60. The molecular formula is C25H33N3O2. The molecule has 0 aromatic heterocycles. The van der Waals surface area contributed by atoms with Gasteiger partial charge in [-0.1, -0.05) is 0 Å². The van der Waals surface area contributed by atoms with Gasteiger partial charge in [0.2, 0.25) is 5.96 Å². The smallest absolute Gasteiger partial charge is 0.280 e. The molecule has 0 saturated heterocycles. The number of nitrogens with one attached hydrogen (secondary N) is 1. The number of carbonyl (C=O) groups is 2. The molecule has 0 fully saturated rings. The van der Waals surface area contributed by atoms with Crippen LogP contribution in [0.3, 0.4) is 0 Å². The number of amides is 2. The molecule has 2 amide bonds. The fourth-order valence-electron chi connectivity index (χ4n) is 4.03. The second-order valence-electron chi connectivity index (χ2n) is 8.26. The third-order valence-electron chi connectivity index (χ3n) is 6.90. The van der Waals surface area contributed by atoms with Crippen molar-refractivity contribution in [2.24, 2.45) is 10.7 Å². The maximum atomic E-state index is 12.9. The number of aliphatic imine (C=N–C) groups is 1. The molecule has 2 aromatic rings. The van der Waals surface area contributed by atoms with E-state index in [1.807, 2.05) is 62.3 Å². The molecule has 0 spiro atoms. The van der Waals surface area contributed by atoms with Crippen LogP contribution in [0.5, 0.6) is 0 Å². The number of carbonyl (C=O) groups excluding carboxylic acids is 2. The minimum Gasteiger partial charge on any atom is -0.369 e. The fraction of sp³-hybridized carbons (Fsp3) is 0.400. The standard InChI is InChI=1S/C25H33N3O2/c1-11-13(3)17(7)21(18(8)14(11)4)23(29)27-25(26)28-24(30)22-19(9)15(5)12(2)16(6)20(22)10/h1-10H3,(H3,26,27,28,29,30). The van der Waals surface area contributed by atoms with Crippen LogP contribution in [0.15, 0.2) is 4.99 Å². The normalized spacial score (nSPS) is 11.6. The summed E-state index contributed by atoms with van der Waals surface area (Å²) in [5.74, 6) is -0.997. The molecule has 2 rings (SSSR count). The highest BCUT2D eigenvalue weighted by molar-refractivity contribution is 6.11. The van der Waals surface area contributed by atoms with E-state index in [1.54, 1.807) is 0 Å². The first-order valence-corrected chi connectivity index (χ1v) is 10.1. The summed E-state index contributed by atoms with van der Waals surface area (Å²) >= 11 is 0. The van der Waals surface area contributed by atoms with E-state index in [-0.39, 0.29) is 11.9 Å². The van der Waals surface area contributed by atoms with Gasteiger partial charge in [-0.05, 0) is 125 Å². The molecule has 0 bridgehead atoms. The van der Waals surface area contributed by atoms with Crippen molar-refractivity contribution in [3.8, 4) is 0 Å². The number of guanidine groups is 1. The Kier molecular flexibility index (Phi) is 6.55. The lowest BCUT2D eigenvalue weighted by atomic mass is 9.89. The monoisotopic (exact) mass is 407 g/mol. The SMILES string of the molecule is Cc1c(C)c(C)c(C(=O)N=C(N)NC(=O)c2c(C)c(C)c(C)c(C)c2C)c(C)c1C. The zero-order chi connectivity index (χ0) is 23.1. The van der Waals surface area contributed by atoms with Gasteiger partial charge in [-0.25, -0.2) is 0 Å². The minimum absolute atomic E-state index is 0.200. The lowest BCUT2D eigenvalue weighted by Crippen LogP contribution is -2.38. The molecule has 3 N–H and O–H groups in total. The molecule has 5 heteroatoms. The van der Waals surface area contributed by atoms with Crippen LogP contribution in [-0.4, -0.2) is 17.8 Å². The molecule has 0 aliphatic heterocycles. The zero-order valence-electron chi connectivity index (χ0n) is 19.8. The minimum atomic E-state index is -0.446. The Bertz CT molecular complexity index is 1050. The van der Waals surface area contributed by atoms with E-state index >= 15 is 0 Å². The molecule has 0 heterocycles. The van der Waals surface area contributed by atoms with Crippen molar-refractivity contribution in [3.63, 3.8) is 0 Å². The first-order chi connectivity index (χ1) is 13.8. The van der Waals surface area contributed by atoms with E-state index < -0.39 is 5.91 Å². The summed E-state index contributed by atoms with van der Waals surface area (Å²) in [7, 11) is 0. The molecule has 2 aromatic carbocycles. The van der Waals surface area contributed by atoms with Gasteiger partial charge < -0.3 is 5.73 Å². The highest BCUT2D eigenvalue weighted by atomic mass is 16.2. The summed E-state index contributed by atoms with van der Waals surface area (Å²) in [6, 6.07) is 0. The molecular weight excluding hydrogens is 374 g/mol. The van der Waals surface area contributed by atoms with Crippen molar-refractivity contribution in [2.75, 3.05) is 0 Å². The maximum absolute atomic E-state index is 12.9. The predicted octanol–water partition coefficient (Wildman–Crippen LogP) is 4.66. The largest absolute Gasteiger partial charge is 0.369 e. The Labute approximate surface area is 179 Å². The number of nitrogens with two attached hydrogens (primary N) is 1. The van der Waals surface area contributed by atoms with Crippen molar-refractivity contribution >= 4 is 17.8 Å². The van der Waals surface area contributed by atoms with E-state index in [0.29, 0.717) is 11.1 Å². The molecule has 0 aliphatic carbocycles. The molecule has 0 radical (unpaired) electrons. The molecule has 0 unspecified atom stereocenters. The van der Waals surface area contributed by atoms with Gasteiger partial charge in [0.15, 0.2) is 0 Å². The number of hydrogen-bond acceptors (Lipinski definition) is 2. The van der Waals surface area contributed by atoms with Crippen LogP contribution in [0.4, 0.5) is 0 Å². The van der Waals surface area contributed by atoms with E-state index in [2.05, 4.69) is 17.2 Å². The number of benzene rings is 2. The number of hydrogen-bond donors (Lipinski definition) is 2. The van der Waals surface area contributed by atoms with Gasteiger partial charge in [0.05, 0.1) is 0 Å². The van der Waals surface area contributed by atoms with Gasteiger partial charge in [-0.2, -0.15) is 4.99 Å². The Hall–Kier alpha value is -2.95. The van der Waals surface area contributed by atoms with Gasteiger partial charge in [0.25, 0.3) is 11.8 Å². The van der Waals surface area contributed by atoms with Crippen LogP contribution in [0.2, 0.25) is 0 Å². The van der Waals surface area contributed by atoms with Crippen molar-refractivity contribution in [1.82, 2.24) is 5.32 Å². The first kappa shape index (κ1) is 23.3. The molecule has 0 aliphatic rings. The average molecular weight is 408 g/mol. The van der Waals surface area contributed by atoms with Crippen LogP contribution in [0, 0.1) is 69.2 Å².